The van der Waals surface area contributed by atoms with E-state index < -0.39 is 11.6 Å². The molecule has 0 atom stereocenters. The van der Waals surface area contributed by atoms with E-state index in [1.165, 1.54) is 24.3 Å². The molecule has 0 unspecified atom stereocenters. The normalized spacial score (nSPS) is 10.9. The van der Waals surface area contributed by atoms with Crippen LogP contribution >= 0.6 is 0 Å². The van der Waals surface area contributed by atoms with Crippen molar-refractivity contribution < 1.29 is 23.5 Å². The maximum absolute atomic E-state index is 12.9. The van der Waals surface area contributed by atoms with Gasteiger partial charge in [-0.2, -0.15) is 0 Å². The van der Waals surface area contributed by atoms with E-state index in [4.69, 9.17) is 9.47 Å². The molecule has 2 aromatic carbocycles. The molecule has 2 rings (SSSR count). The lowest BCUT2D eigenvalue weighted by Crippen LogP contribution is -2.34. The van der Waals surface area contributed by atoms with Gasteiger partial charge in [-0.1, -0.05) is 0 Å². The van der Waals surface area contributed by atoms with Crippen molar-refractivity contribution >= 4 is 11.9 Å². The van der Waals surface area contributed by atoms with Gasteiger partial charge in [-0.3, -0.25) is 9.59 Å². The number of esters is 1. The van der Waals surface area contributed by atoms with Crippen molar-refractivity contribution in [2.45, 2.75) is 26.4 Å². The third kappa shape index (κ3) is 6.25. The fraction of sp³-hybridized carbons (Fsp3) is 0.263. The molecular weight excluding hydrogens is 325 g/mol. The molecule has 5 nitrogen and oxygen atoms in total. The van der Waals surface area contributed by atoms with Crippen LogP contribution in [0.1, 0.15) is 31.1 Å². The second-order valence-electron chi connectivity index (χ2n) is 6.35. The zero-order valence-corrected chi connectivity index (χ0v) is 14.3. The number of rotatable bonds is 5. The summed E-state index contributed by atoms with van der Waals surface area (Å²) in [5.41, 5.74) is -0.212. The van der Waals surface area contributed by atoms with E-state index in [-0.39, 0.29) is 18.3 Å². The summed E-state index contributed by atoms with van der Waals surface area (Å²) in [6.07, 6.45) is 0. The topological polar surface area (TPSA) is 64.6 Å². The Morgan fingerprint density at radius 1 is 0.960 bits per heavy atom. The molecule has 0 saturated carbocycles. The van der Waals surface area contributed by atoms with Crippen LogP contribution in [0.2, 0.25) is 0 Å². The zero-order chi connectivity index (χ0) is 18.4. The molecule has 1 amide bonds. The second-order valence-corrected chi connectivity index (χ2v) is 6.35. The number of carbonyl (C=O) groups excluding carboxylic acids is 2. The highest BCUT2D eigenvalue weighted by atomic mass is 19.1. The molecule has 25 heavy (non-hydrogen) atoms. The minimum absolute atomic E-state index is 0.204. The molecule has 1 N–H and O–H groups in total. The lowest BCUT2D eigenvalue weighted by molar-refractivity contribution is -0.153. The van der Waals surface area contributed by atoms with Crippen LogP contribution in [-0.4, -0.2) is 24.0 Å². The molecule has 0 aliphatic rings. The van der Waals surface area contributed by atoms with E-state index in [0.29, 0.717) is 17.1 Å². The van der Waals surface area contributed by atoms with Crippen molar-refractivity contribution in [3.63, 3.8) is 0 Å². The largest absolute Gasteiger partial charge is 0.459 e. The van der Waals surface area contributed by atoms with Crippen molar-refractivity contribution in [2.24, 2.45) is 0 Å². The van der Waals surface area contributed by atoms with Crippen molar-refractivity contribution in [1.29, 1.82) is 0 Å². The summed E-state index contributed by atoms with van der Waals surface area (Å²) in [5, 5.41) is 2.50. The predicted molar refractivity (Wildman–Crippen MR) is 91.1 cm³/mol. The van der Waals surface area contributed by atoms with Crippen molar-refractivity contribution in [1.82, 2.24) is 5.32 Å². The third-order valence-electron chi connectivity index (χ3n) is 2.98. The molecule has 0 aromatic heterocycles. The molecule has 0 aliphatic carbocycles. The Bertz CT molecular complexity index is 734. The Morgan fingerprint density at radius 2 is 1.48 bits per heavy atom. The molecule has 6 heteroatoms. The number of hydrogen-bond donors (Lipinski definition) is 1. The maximum Gasteiger partial charge on any atom is 0.325 e. The monoisotopic (exact) mass is 345 g/mol. The molecule has 0 bridgehead atoms. The average Bonchev–Trinajstić information content (AvgIpc) is 2.54. The van der Waals surface area contributed by atoms with Gasteiger partial charge < -0.3 is 14.8 Å². The summed E-state index contributed by atoms with van der Waals surface area (Å²) >= 11 is 0. The predicted octanol–water partition coefficient (Wildman–Crippen LogP) is 3.69. The summed E-state index contributed by atoms with van der Waals surface area (Å²) in [5.74, 6) is -0.237. The average molecular weight is 345 g/mol. The number of benzene rings is 2. The van der Waals surface area contributed by atoms with Gasteiger partial charge >= 0.3 is 5.97 Å². The second kappa shape index (κ2) is 7.79. The van der Waals surface area contributed by atoms with Gasteiger partial charge in [0, 0.05) is 5.56 Å². The zero-order valence-electron chi connectivity index (χ0n) is 14.3. The molecule has 0 spiro atoms. The van der Waals surface area contributed by atoms with Crippen LogP contribution in [0.3, 0.4) is 0 Å². The Morgan fingerprint density at radius 3 is 2.00 bits per heavy atom. The maximum atomic E-state index is 12.9. The van der Waals surface area contributed by atoms with E-state index >= 15 is 0 Å². The molecule has 0 fully saturated rings. The fourth-order valence-corrected chi connectivity index (χ4v) is 1.95. The first kappa shape index (κ1) is 18.4. The van der Waals surface area contributed by atoms with Gasteiger partial charge in [0.2, 0.25) is 0 Å². The van der Waals surface area contributed by atoms with E-state index in [1.54, 1.807) is 45.0 Å². The van der Waals surface area contributed by atoms with Gasteiger partial charge in [-0.25, -0.2) is 4.39 Å². The molecule has 2 aromatic rings. The van der Waals surface area contributed by atoms with Crippen LogP contribution in [0.4, 0.5) is 4.39 Å². The van der Waals surface area contributed by atoms with Crippen LogP contribution in [-0.2, 0) is 9.53 Å². The Hall–Kier alpha value is -2.89. The smallest absolute Gasteiger partial charge is 0.325 e. The Labute approximate surface area is 145 Å². The molecule has 0 radical (unpaired) electrons. The number of carbonyl (C=O) groups is 2. The molecule has 0 aliphatic heterocycles. The van der Waals surface area contributed by atoms with Gasteiger partial charge in [-0.15, -0.1) is 0 Å². The lowest BCUT2D eigenvalue weighted by atomic mass is 10.2. The lowest BCUT2D eigenvalue weighted by Gasteiger charge is -2.19. The highest BCUT2D eigenvalue weighted by Gasteiger charge is 2.17. The SMILES string of the molecule is CC(C)(C)OC(=O)CNC(=O)c1ccc(Oc2ccc(F)cc2)cc1. The van der Waals surface area contributed by atoms with Gasteiger partial charge in [-0.05, 0) is 69.3 Å². The summed E-state index contributed by atoms with van der Waals surface area (Å²) in [6.45, 7) is 5.07. The molecule has 132 valence electrons. The molecular formula is C19H20FNO4. The molecule has 0 saturated heterocycles. The minimum atomic E-state index is -0.596. The summed E-state index contributed by atoms with van der Waals surface area (Å²) in [4.78, 5) is 23.6. The quantitative estimate of drug-likeness (QED) is 0.840. The first-order valence-corrected chi connectivity index (χ1v) is 7.76. The van der Waals surface area contributed by atoms with Gasteiger partial charge in [0.05, 0.1) is 0 Å². The van der Waals surface area contributed by atoms with Crippen LogP contribution in [0.25, 0.3) is 0 Å². The number of hydrogen-bond acceptors (Lipinski definition) is 4. The summed E-state index contributed by atoms with van der Waals surface area (Å²) < 4.78 is 23.5. The highest BCUT2D eigenvalue weighted by molar-refractivity contribution is 5.96. The van der Waals surface area contributed by atoms with Gasteiger partial charge in [0.1, 0.15) is 29.5 Å². The summed E-state index contributed by atoms with van der Waals surface area (Å²) in [6, 6.07) is 12.0. The van der Waals surface area contributed by atoms with E-state index in [2.05, 4.69) is 5.32 Å². The number of amides is 1. The van der Waals surface area contributed by atoms with Gasteiger partial charge in [0.25, 0.3) is 5.91 Å². The first-order valence-electron chi connectivity index (χ1n) is 7.76. The van der Waals surface area contributed by atoms with Crippen LogP contribution in [0.15, 0.2) is 48.5 Å². The van der Waals surface area contributed by atoms with E-state index in [0.717, 1.165) is 0 Å². The Kier molecular flexibility index (Phi) is 5.75. The van der Waals surface area contributed by atoms with Crippen LogP contribution < -0.4 is 10.1 Å². The van der Waals surface area contributed by atoms with Crippen molar-refractivity contribution in [3.05, 3.63) is 59.9 Å². The standard InChI is InChI=1S/C19H20FNO4/c1-19(2,3)25-17(22)12-21-18(23)13-4-8-15(9-5-13)24-16-10-6-14(20)7-11-16/h4-11H,12H2,1-3H3,(H,21,23). The van der Waals surface area contributed by atoms with Crippen LogP contribution in [0, 0.1) is 5.82 Å². The number of halogens is 1. The van der Waals surface area contributed by atoms with Crippen molar-refractivity contribution in [2.75, 3.05) is 6.54 Å². The fourth-order valence-electron chi connectivity index (χ4n) is 1.95. The molecule has 0 heterocycles. The first-order chi connectivity index (χ1) is 11.7. The number of nitrogens with one attached hydrogen (secondary N) is 1. The number of ether oxygens (including phenoxy) is 2. The van der Waals surface area contributed by atoms with Crippen LogP contribution in [0.5, 0.6) is 11.5 Å². The van der Waals surface area contributed by atoms with E-state index in [9.17, 15) is 14.0 Å². The van der Waals surface area contributed by atoms with Gasteiger partial charge in [0.15, 0.2) is 0 Å². The third-order valence-corrected chi connectivity index (χ3v) is 2.98. The summed E-state index contributed by atoms with van der Waals surface area (Å²) in [7, 11) is 0. The highest BCUT2D eigenvalue weighted by Crippen LogP contribution is 2.21. The Balaban J connectivity index is 1.89. The van der Waals surface area contributed by atoms with Crippen molar-refractivity contribution in [3.8, 4) is 11.5 Å². The minimum Gasteiger partial charge on any atom is -0.459 e. The van der Waals surface area contributed by atoms with E-state index in [1.807, 2.05) is 0 Å².